The molecule has 0 amide bonds. The van der Waals surface area contributed by atoms with E-state index in [0.29, 0.717) is 36.0 Å². The molecule has 242 valence electrons. The third kappa shape index (κ3) is 7.76. The zero-order valence-electron chi connectivity index (χ0n) is 26.8. The first-order valence-electron chi connectivity index (χ1n) is 15.7. The molecular formula is C35H42F4N4O2. The van der Waals surface area contributed by atoms with Crippen molar-refractivity contribution in [1.29, 1.82) is 0 Å². The molecular weight excluding hydrogens is 584 g/mol. The number of methoxy groups -OCH3 is 1. The summed E-state index contributed by atoms with van der Waals surface area (Å²) in [5.41, 5.74) is 5.97. The number of rotatable bonds is 11. The van der Waals surface area contributed by atoms with Gasteiger partial charge < -0.3 is 9.47 Å². The maximum atomic E-state index is 13.9. The molecule has 45 heavy (non-hydrogen) atoms. The number of benzene rings is 1. The van der Waals surface area contributed by atoms with Crippen molar-refractivity contribution in [3.8, 4) is 23.1 Å². The van der Waals surface area contributed by atoms with Gasteiger partial charge in [-0.25, -0.2) is 22.5 Å². The lowest BCUT2D eigenvalue weighted by molar-refractivity contribution is 0.0181. The minimum atomic E-state index is -2.84. The van der Waals surface area contributed by atoms with Crippen molar-refractivity contribution in [3.63, 3.8) is 0 Å². The minimum Gasteiger partial charge on any atom is -0.479 e. The fourth-order valence-electron chi connectivity index (χ4n) is 5.46. The Hall–Kier alpha value is -3.69. The Bertz CT molecular complexity index is 1560. The molecule has 6 rings (SSSR count). The summed E-state index contributed by atoms with van der Waals surface area (Å²) in [5, 5.41) is 4.55. The molecule has 0 spiro atoms. The number of alkyl halides is 4. The van der Waals surface area contributed by atoms with Crippen LogP contribution in [0.25, 0.3) is 17.0 Å². The van der Waals surface area contributed by atoms with Crippen LogP contribution >= 0.6 is 0 Å². The number of nitrogens with zero attached hydrogens (tertiary/aromatic N) is 4. The summed E-state index contributed by atoms with van der Waals surface area (Å²) in [6.07, 6.45) is 10.4. The largest absolute Gasteiger partial charge is 0.479 e. The molecule has 10 heteroatoms. The summed E-state index contributed by atoms with van der Waals surface area (Å²) in [6, 6.07) is 7.99. The Morgan fingerprint density at radius 1 is 0.956 bits per heavy atom. The van der Waals surface area contributed by atoms with E-state index in [1.807, 2.05) is 49.1 Å². The van der Waals surface area contributed by atoms with Crippen molar-refractivity contribution in [3.05, 3.63) is 70.6 Å². The number of hydrogen-bond donors (Lipinski definition) is 0. The van der Waals surface area contributed by atoms with E-state index in [1.165, 1.54) is 6.92 Å². The number of ether oxygens (including phenoxy) is 2. The van der Waals surface area contributed by atoms with Crippen LogP contribution in [0.4, 0.5) is 17.6 Å². The first kappa shape index (κ1) is 32.7. The summed E-state index contributed by atoms with van der Waals surface area (Å²) in [4.78, 5) is 9.61. The summed E-state index contributed by atoms with van der Waals surface area (Å²) in [5.74, 6) is -2.71. The van der Waals surface area contributed by atoms with E-state index in [0.717, 1.165) is 79.5 Å². The van der Waals surface area contributed by atoms with E-state index in [9.17, 15) is 17.6 Å². The van der Waals surface area contributed by atoms with Gasteiger partial charge in [0.25, 0.3) is 5.92 Å². The van der Waals surface area contributed by atoms with Gasteiger partial charge in [-0.1, -0.05) is 44.2 Å². The topological polar surface area (TPSA) is 62.1 Å². The lowest BCUT2D eigenvalue weighted by Gasteiger charge is -2.14. The number of aryl methyl sites for hydroxylation is 1. The SMILES string of the molecule is CCC(C)(F)F.CCC1C=C(C(C)(F)F)C=C1c1ccc(COc2nc(-c3c(OC)nn(C)c3C3CC3)ncc2C2CC2)cc1. The average molecular weight is 627 g/mol. The Morgan fingerprint density at radius 2 is 1.60 bits per heavy atom. The summed E-state index contributed by atoms with van der Waals surface area (Å²) in [7, 11) is 3.56. The highest BCUT2D eigenvalue weighted by Crippen LogP contribution is 2.48. The summed E-state index contributed by atoms with van der Waals surface area (Å²) < 4.78 is 64.6. The van der Waals surface area contributed by atoms with Crippen molar-refractivity contribution in [1.82, 2.24) is 19.7 Å². The number of halogens is 4. The predicted molar refractivity (Wildman–Crippen MR) is 167 cm³/mol. The number of allylic oxidation sites excluding steroid dienone is 4. The van der Waals surface area contributed by atoms with Crippen molar-refractivity contribution >= 4 is 5.57 Å². The van der Waals surface area contributed by atoms with Crippen LogP contribution in [0.5, 0.6) is 11.8 Å². The molecule has 3 aromatic rings. The lowest BCUT2D eigenvalue weighted by atomic mass is 9.93. The molecule has 2 fully saturated rings. The molecule has 0 bridgehead atoms. The van der Waals surface area contributed by atoms with Gasteiger partial charge in [-0.05, 0) is 67.7 Å². The molecule has 0 aliphatic heterocycles. The second kappa shape index (κ2) is 13.0. The van der Waals surface area contributed by atoms with Crippen LogP contribution in [0.1, 0.15) is 100 Å². The van der Waals surface area contributed by atoms with Crippen LogP contribution in [0.2, 0.25) is 0 Å². The van der Waals surface area contributed by atoms with Crippen molar-refractivity contribution < 1.29 is 27.0 Å². The summed E-state index contributed by atoms with van der Waals surface area (Å²) in [6.45, 7) is 5.70. The molecule has 1 aromatic carbocycles. The second-order valence-corrected chi connectivity index (χ2v) is 12.4. The van der Waals surface area contributed by atoms with E-state index in [2.05, 4.69) is 5.10 Å². The van der Waals surface area contributed by atoms with Gasteiger partial charge in [0.05, 0.1) is 12.8 Å². The van der Waals surface area contributed by atoms with Crippen molar-refractivity contribution in [2.24, 2.45) is 13.0 Å². The molecule has 1 unspecified atom stereocenters. The Labute approximate surface area is 262 Å². The highest BCUT2D eigenvalue weighted by Gasteiger charge is 2.35. The minimum absolute atomic E-state index is 0.00142. The number of hydrogen-bond acceptors (Lipinski definition) is 5. The Morgan fingerprint density at radius 3 is 2.13 bits per heavy atom. The van der Waals surface area contributed by atoms with Gasteiger partial charge in [0.2, 0.25) is 17.7 Å². The second-order valence-electron chi connectivity index (χ2n) is 12.4. The van der Waals surface area contributed by atoms with Crippen LogP contribution in [0.15, 0.2) is 48.2 Å². The third-order valence-electron chi connectivity index (χ3n) is 8.56. The molecule has 1 atom stereocenters. The van der Waals surface area contributed by atoms with Gasteiger partial charge >= 0.3 is 0 Å². The van der Waals surface area contributed by atoms with E-state index < -0.39 is 11.8 Å². The molecule has 2 heterocycles. The Kier molecular flexibility index (Phi) is 9.42. The molecule has 3 aliphatic rings. The first-order chi connectivity index (χ1) is 21.3. The van der Waals surface area contributed by atoms with Gasteiger partial charge in [0.1, 0.15) is 12.2 Å². The van der Waals surface area contributed by atoms with Gasteiger partial charge in [-0.15, -0.1) is 5.10 Å². The summed E-state index contributed by atoms with van der Waals surface area (Å²) >= 11 is 0. The molecule has 0 N–H and O–H groups in total. The number of aromatic nitrogens is 4. The lowest BCUT2D eigenvalue weighted by Crippen LogP contribution is -2.10. The highest BCUT2D eigenvalue weighted by atomic mass is 19.3. The van der Waals surface area contributed by atoms with Gasteiger partial charge in [-0.3, -0.25) is 4.68 Å². The fourth-order valence-corrected chi connectivity index (χ4v) is 5.46. The van der Waals surface area contributed by atoms with Gasteiger partial charge in [0, 0.05) is 49.6 Å². The van der Waals surface area contributed by atoms with Gasteiger partial charge in [0.15, 0.2) is 5.82 Å². The zero-order chi connectivity index (χ0) is 32.5. The monoisotopic (exact) mass is 626 g/mol. The standard InChI is InChI=1S/C31H34F2N4O2.C4H8F2/c1-5-19-14-23(31(2,32)33)15-24(19)20-8-6-18(7-9-20)17-39-29-25(21-10-11-21)16-34-28(35-29)26-27(22-12-13-22)37(3)36-30(26)38-4;1-3-4(2,5)6/h6-9,14-16,19,21-22H,5,10-13,17H2,1-4H3;3H2,1-2H3. The smallest absolute Gasteiger partial charge is 0.270 e. The average Bonchev–Trinajstić information content (AvgIpc) is 3.95. The van der Waals surface area contributed by atoms with E-state index >= 15 is 0 Å². The molecule has 2 saturated carbocycles. The van der Waals surface area contributed by atoms with Crippen LogP contribution in [-0.2, 0) is 13.7 Å². The molecule has 2 aromatic heterocycles. The molecule has 3 aliphatic carbocycles. The Balaban J connectivity index is 0.000000609. The van der Waals surface area contributed by atoms with Gasteiger partial charge in [-0.2, -0.15) is 4.98 Å². The maximum Gasteiger partial charge on any atom is 0.270 e. The fraction of sp³-hybridized carbons (Fsp3) is 0.514. The predicted octanol–water partition coefficient (Wildman–Crippen LogP) is 9.28. The van der Waals surface area contributed by atoms with E-state index in [4.69, 9.17) is 19.4 Å². The third-order valence-corrected chi connectivity index (χ3v) is 8.56. The normalized spacial score (nSPS) is 18.2. The molecule has 0 saturated heterocycles. The maximum absolute atomic E-state index is 13.9. The van der Waals surface area contributed by atoms with Crippen molar-refractivity contribution in [2.75, 3.05) is 7.11 Å². The van der Waals surface area contributed by atoms with Crippen LogP contribution in [-0.4, -0.2) is 38.7 Å². The van der Waals surface area contributed by atoms with E-state index in [-0.39, 0.29) is 17.9 Å². The first-order valence-corrected chi connectivity index (χ1v) is 15.7. The van der Waals surface area contributed by atoms with Crippen molar-refractivity contribution in [2.45, 2.75) is 96.5 Å². The molecule has 6 nitrogen and oxygen atoms in total. The molecule has 0 radical (unpaired) electrons. The van der Waals surface area contributed by atoms with E-state index in [1.54, 1.807) is 19.3 Å². The van der Waals surface area contributed by atoms with Crippen LogP contribution in [0.3, 0.4) is 0 Å². The quantitative estimate of drug-likeness (QED) is 0.199. The zero-order valence-corrected chi connectivity index (χ0v) is 26.8. The van der Waals surface area contributed by atoms with Crippen LogP contribution in [0, 0.1) is 5.92 Å². The highest BCUT2D eigenvalue weighted by molar-refractivity contribution is 5.75. The van der Waals surface area contributed by atoms with Crippen LogP contribution < -0.4 is 9.47 Å².